The highest BCUT2D eigenvalue weighted by molar-refractivity contribution is 5.93. The van der Waals surface area contributed by atoms with Crippen LogP contribution in [0.15, 0.2) is 54.6 Å². The summed E-state index contributed by atoms with van der Waals surface area (Å²) in [6, 6.07) is 14.5. The highest BCUT2D eigenvalue weighted by atomic mass is 16.5. The van der Waals surface area contributed by atoms with E-state index in [-0.39, 0.29) is 62.3 Å². The molecule has 270 valence electrons. The van der Waals surface area contributed by atoms with Gasteiger partial charge in [0.05, 0.1) is 19.2 Å². The van der Waals surface area contributed by atoms with Crippen molar-refractivity contribution in [3.05, 3.63) is 65.7 Å². The molecule has 50 heavy (non-hydrogen) atoms. The quantitative estimate of drug-likeness (QED) is 0.386. The van der Waals surface area contributed by atoms with E-state index >= 15 is 0 Å². The first-order valence-corrected chi connectivity index (χ1v) is 17.8. The number of hydrogen-bond acceptors (Lipinski definition) is 7. The largest absolute Gasteiger partial charge is 0.484 e. The number of benzene rings is 2. The zero-order valence-electron chi connectivity index (χ0n) is 29.4. The molecule has 12 heteroatoms. The number of ether oxygens (including phenoxy) is 2. The van der Waals surface area contributed by atoms with Crippen LogP contribution in [0.1, 0.15) is 63.0 Å². The van der Waals surface area contributed by atoms with Crippen molar-refractivity contribution in [3.63, 3.8) is 0 Å². The monoisotopic (exact) mass is 689 g/mol. The lowest BCUT2D eigenvalue weighted by Gasteiger charge is -2.29. The van der Waals surface area contributed by atoms with Crippen molar-refractivity contribution >= 4 is 29.5 Å². The first-order valence-electron chi connectivity index (χ1n) is 17.8. The van der Waals surface area contributed by atoms with E-state index in [9.17, 15) is 24.0 Å². The maximum atomic E-state index is 14.2. The van der Waals surface area contributed by atoms with Crippen molar-refractivity contribution in [1.29, 1.82) is 0 Å². The number of methoxy groups -OCH3 is 1. The minimum Gasteiger partial charge on any atom is -0.484 e. The molecule has 2 aliphatic heterocycles. The summed E-state index contributed by atoms with van der Waals surface area (Å²) in [5.74, 6) is -1.39. The number of rotatable bonds is 8. The van der Waals surface area contributed by atoms with E-state index in [1.165, 1.54) is 12.0 Å². The third-order valence-electron chi connectivity index (χ3n) is 9.81. The Balaban J connectivity index is 1.49. The molecule has 2 bridgehead atoms. The number of hydrogen-bond donors (Lipinski definition) is 3. The van der Waals surface area contributed by atoms with Crippen molar-refractivity contribution in [2.45, 2.75) is 76.4 Å². The zero-order valence-corrected chi connectivity index (χ0v) is 29.4. The van der Waals surface area contributed by atoms with E-state index < -0.39 is 35.8 Å². The molecule has 0 aromatic heterocycles. The fourth-order valence-corrected chi connectivity index (χ4v) is 7.26. The predicted molar refractivity (Wildman–Crippen MR) is 187 cm³/mol. The summed E-state index contributed by atoms with van der Waals surface area (Å²) < 4.78 is 11.2. The lowest BCUT2D eigenvalue weighted by atomic mass is 9.93. The van der Waals surface area contributed by atoms with Crippen LogP contribution in [0.4, 0.5) is 0 Å². The van der Waals surface area contributed by atoms with E-state index in [1.807, 2.05) is 67.3 Å². The molecule has 2 aromatic carbocycles. The summed E-state index contributed by atoms with van der Waals surface area (Å²) in [4.78, 5) is 71.7. The van der Waals surface area contributed by atoms with Gasteiger partial charge in [-0.25, -0.2) is 0 Å². The van der Waals surface area contributed by atoms with Crippen molar-refractivity contribution in [2.75, 3.05) is 46.5 Å². The Bertz CT molecular complexity index is 1500. The summed E-state index contributed by atoms with van der Waals surface area (Å²) in [6.07, 6.45) is 4.39. The van der Waals surface area contributed by atoms with E-state index in [1.54, 1.807) is 6.07 Å². The molecule has 4 atom stereocenters. The summed E-state index contributed by atoms with van der Waals surface area (Å²) in [7, 11) is 1.51. The van der Waals surface area contributed by atoms with Gasteiger partial charge < -0.3 is 35.2 Å². The molecule has 0 radical (unpaired) electrons. The summed E-state index contributed by atoms with van der Waals surface area (Å²) in [5.41, 5.74) is 1.72. The highest BCUT2D eigenvalue weighted by Crippen LogP contribution is 2.34. The van der Waals surface area contributed by atoms with E-state index in [2.05, 4.69) is 16.0 Å². The lowest BCUT2D eigenvalue weighted by molar-refractivity contribution is -0.141. The molecule has 3 aliphatic rings. The molecule has 2 heterocycles. The maximum absolute atomic E-state index is 14.2. The number of nitrogens with zero attached hydrogens (tertiary/aromatic N) is 2. The number of carbonyl (C=O) groups excluding carboxylic acids is 5. The van der Waals surface area contributed by atoms with Gasteiger partial charge in [0.25, 0.3) is 5.91 Å². The van der Waals surface area contributed by atoms with Gasteiger partial charge in [0.15, 0.2) is 6.61 Å². The van der Waals surface area contributed by atoms with Crippen LogP contribution in [-0.2, 0) is 35.1 Å². The van der Waals surface area contributed by atoms with E-state index in [4.69, 9.17) is 9.47 Å². The standard InChI is InChI=1S/C38H51N5O7/c1-25(2)18-32-38(48)42(16-17-49-3)23-34(44)39-31(19-26-10-5-4-6-11-26)36(46)41-33-22-43(37(47)27-12-7-8-13-27)21-30(33)28-14-9-15-29(20-28)50-24-35(45)40-32/h4-6,9-11,14-15,20,25,27,30-33H,7-8,12-13,16-19,21-24H2,1-3H3,(H,39,44)(H,40,45)(H,41,46)/t30-,31-,32+,33+/m0/s1. The Morgan fingerprint density at radius 3 is 2.38 bits per heavy atom. The first kappa shape index (κ1) is 36.8. The van der Waals surface area contributed by atoms with Crippen LogP contribution < -0.4 is 20.7 Å². The molecule has 1 aliphatic carbocycles. The Kier molecular flexibility index (Phi) is 12.9. The number of carbonyl (C=O) groups is 5. The second-order valence-corrected chi connectivity index (χ2v) is 14.1. The van der Waals surface area contributed by atoms with Crippen LogP contribution in [0.2, 0.25) is 0 Å². The molecular weight excluding hydrogens is 638 g/mol. The van der Waals surface area contributed by atoms with Crippen LogP contribution in [0.3, 0.4) is 0 Å². The van der Waals surface area contributed by atoms with Crippen LogP contribution in [-0.4, -0.2) is 104 Å². The van der Waals surface area contributed by atoms with Gasteiger partial charge in [-0.05, 0) is 48.4 Å². The first-order chi connectivity index (χ1) is 24.1. The molecule has 1 saturated carbocycles. The molecular formula is C38H51N5O7. The van der Waals surface area contributed by atoms with Gasteiger partial charge in [0, 0.05) is 45.0 Å². The molecule has 1 saturated heterocycles. The molecule has 2 fully saturated rings. The van der Waals surface area contributed by atoms with Gasteiger partial charge in [-0.1, -0.05) is 69.2 Å². The number of nitrogens with one attached hydrogen (secondary N) is 3. The topological polar surface area (TPSA) is 146 Å². The average Bonchev–Trinajstić information content (AvgIpc) is 3.79. The molecule has 0 unspecified atom stereocenters. The fraction of sp³-hybridized carbons (Fsp3) is 0.553. The fourth-order valence-electron chi connectivity index (χ4n) is 7.26. The SMILES string of the molecule is COCCN1CC(=O)N[C@@H](Cc2ccccc2)C(=O)N[C@@H]2CN(C(=O)C3CCCC3)C[C@H]2c2cccc(c2)OCC(=O)N[C@H](CC(C)C)C1=O. The van der Waals surface area contributed by atoms with Gasteiger partial charge >= 0.3 is 0 Å². The summed E-state index contributed by atoms with van der Waals surface area (Å²) in [5, 5.41) is 8.92. The minimum absolute atomic E-state index is 0.0128. The Hall–Kier alpha value is -4.45. The molecule has 5 amide bonds. The van der Waals surface area contributed by atoms with Gasteiger partial charge in [-0.3, -0.25) is 24.0 Å². The minimum atomic E-state index is -0.954. The van der Waals surface area contributed by atoms with Crippen LogP contribution >= 0.6 is 0 Å². The zero-order chi connectivity index (χ0) is 35.6. The highest BCUT2D eigenvalue weighted by Gasteiger charge is 2.41. The second kappa shape index (κ2) is 17.5. The molecule has 12 nitrogen and oxygen atoms in total. The van der Waals surface area contributed by atoms with E-state index in [0.717, 1.165) is 36.8 Å². The third-order valence-corrected chi connectivity index (χ3v) is 9.81. The van der Waals surface area contributed by atoms with Crippen LogP contribution in [0.5, 0.6) is 5.75 Å². The van der Waals surface area contributed by atoms with Gasteiger partial charge in [-0.15, -0.1) is 0 Å². The summed E-state index contributed by atoms with van der Waals surface area (Å²) >= 11 is 0. The third kappa shape index (κ3) is 9.83. The molecule has 5 rings (SSSR count). The van der Waals surface area contributed by atoms with E-state index in [0.29, 0.717) is 25.3 Å². The predicted octanol–water partition coefficient (Wildman–Crippen LogP) is 2.41. The number of likely N-dealkylation sites (tertiary alicyclic amines) is 1. The molecule has 0 spiro atoms. The van der Waals surface area contributed by atoms with Crippen molar-refractivity contribution in [3.8, 4) is 5.75 Å². The van der Waals surface area contributed by atoms with Crippen molar-refractivity contribution in [1.82, 2.24) is 25.8 Å². The molecule has 2 aromatic rings. The number of fused-ring (bicyclic) bond motifs is 4. The van der Waals surface area contributed by atoms with Crippen molar-refractivity contribution in [2.24, 2.45) is 11.8 Å². The summed E-state index contributed by atoms with van der Waals surface area (Å²) in [6.45, 7) is 4.29. The smallest absolute Gasteiger partial charge is 0.258 e. The number of amides is 5. The Labute approximate surface area is 294 Å². The van der Waals surface area contributed by atoms with Crippen molar-refractivity contribution < 1.29 is 33.4 Å². The lowest BCUT2D eigenvalue weighted by Crippen LogP contribution is -2.56. The van der Waals surface area contributed by atoms with Gasteiger partial charge in [0.2, 0.25) is 23.6 Å². The van der Waals surface area contributed by atoms with Gasteiger partial charge in [0.1, 0.15) is 17.8 Å². The normalized spacial score (nSPS) is 24.2. The second-order valence-electron chi connectivity index (χ2n) is 14.1. The Morgan fingerprint density at radius 1 is 0.920 bits per heavy atom. The molecule has 3 N–H and O–H groups in total. The maximum Gasteiger partial charge on any atom is 0.258 e. The van der Waals surface area contributed by atoms with Gasteiger partial charge in [-0.2, -0.15) is 0 Å². The van der Waals surface area contributed by atoms with Crippen LogP contribution in [0, 0.1) is 11.8 Å². The average molecular weight is 690 g/mol. The Morgan fingerprint density at radius 2 is 1.66 bits per heavy atom. The van der Waals surface area contributed by atoms with Crippen LogP contribution in [0.25, 0.3) is 0 Å².